The van der Waals surface area contributed by atoms with Crippen molar-refractivity contribution in [1.29, 1.82) is 0 Å². The molecule has 62 heavy (non-hydrogen) atoms. The summed E-state index contributed by atoms with van der Waals surface area (Å²) >= 11 is 0. The summed E-state index contributed by atoms with van der Waals surface area (Å²) in [6.07, 6.45) is 0. The molecule has 1 heteroatoms. The average molecular weight is 792 g/mol. The summed E-state index contributed by atoms with van der Waals surface area (Å²) in [4.78, 5) is 2.53. The van der Waals surface area contributed by atoms with E-state index < -0.39 is 0 Å². The van der Waals surface area contributed by atoms with Crippen molar-refractivity contribution in [2.24, 2.45) is 0 Å². The Morgan fingerprint density at radius 3 is 1.50 bits per heavy atom. The van der Waals surface area contributed by atoms with Gasteiger partial charge in [0, 0.05) is 16.7 Å². The van der Waals surface area contributed by atoms with Crippen LogP contribution < -0.4 is 4.90 Å². The van der Waals surface area contributed by atoms with Crippen molar-refractivity contribution in [3.8, 4) is 66.8 Å². The first-order valence-electron chi connectivity index (χ1n) is 21.6. The van der Waals surface area contributed by atoms with Crippen LogP contribution in [0.1, 0.15) is 25.0 Å². The zero-order valence-electron chi connectivity index (χ0n) is 35.0. The summed E-state index contributed by atoms with van der Waals surface area (Å²) in [6, 6.07) is 86.6. The molecule has 10 aromatic rings. The van der Waals surface area contributed by atoms with Gasteiger partial charge in [-0.05, 0) is 107 Å². The fourth-order valence-corrected chi connectivity index (χ4v) is 9.97. The first kappa shape index (κ1) is 37.3. The molecular formula is C61H45N. The van der Waals surface area contributed by atoms with E-state index in [2.05, 4.69) is 255 Å². The van der Waals surface area contributed by atoms with E-state index in [9.17, 15) is 0 Å². The molecular weight excluding hydrogens is 747 g/mol. The maximum absolute atomic E-state index is 2.53. The molecule has 0 saturated heterocycles. The monoisotopic (exact) mass is 791 g/mol. The number of benzene rings is 10. The first-order valence-corrected chi connectivity index (χ1v) is 21.6. The van der Waals surface area contributed by atoms with Crippen molar-refractivity contribution in [2.45, 2.75) is 19.3 Å². The van der Waals surface area contributed by atoms with E-state index in [1.165, 1.54) is 94.3 Å². The molecule has 1 nitrogen and oxygen atoms in total. The molecule has 1 aliphatic rings. The molecule has 0 saturated carbocycles. The van der Waals surface area contributed by atoms with Crippen LogP contribution in [-0.2, 0) is 5.41 Å². The van der Waals surface area contributed by atoms with Gasteiger partial charge in [0.15, 0.2) is 0 Å². The highest BCUT2D eigenvalue weighted by Gasteiger charge is 2.39. The molecule has 0 spiro atoms. The summed E-state index contributed by atoms with van der Waals surface area (Å²) in [6.45, 7) is 4.77. The van der Waals surface area contributed by atoms with Gasteiger partial charge < -0.3 is 4.90 Å². The van der Waals surface area contributed by atoms with Gasteiger partial charge in [-0.15, -0.1) is 0 Å². The lowest BCUT2D eigenvalue weighted by molar-refractivity contribution is 0.661. The Bertz CT molecular complexity index is 3230. The fourth-order valence-electron chi connectivity index (χ4n) is 9.97. The van der Waals surface area contributed by atoms with Gasteiger partial charge in [0.2, 0.25) is 0 Å². The van der Waals surface area contributed by atoms with Crippen LogP contribution in [0.5, 0.6) is 0 Å². The highest BCUT2D eigenvalue weighted by Crippen LogP contribution is 2.56. The van der Waals surface area contributed by atoms with Gasteiger partial charge in [-0.25, -0.2) is 0 Å². The van der Waals surface area contributed by atoms with Crippen LogP contribution in [0.15, 0.2) is 237 Å². The van der Waals surface area contributed by atoms with Gasteiger partial charge in [0.25, 0.3) is 0 Å². The summed E-state index contributed by atoms with van der Waals surface area (Å²) in [5, 5.41) is 2.53. The van der Waals surface area contributed by atoms with Crippen molar-refractivity contribution in [3.63, 3.8) is 0 Å². The zero-order valence-corrected chi connectivity index (χ0v) is 35.0. The largest absolute Gasteiger partial charge is 0.310 e. The van der Waals surface area contributed by atoms with Crippen LogP contribution in [-0.4, -0.2) is 0 Å². The SMILES string of the molecule is CC1(C)c2ccccc2-c2cccc(N(c3ccc(-c4ccc(-c5cccc6ccccc56)cc4)cc3)c3cccc(-c4ccccc4)c3-c3ccccc3-c3ccccc3)c21. The summed E-state index contributed by atoms with van der Waals surface area (Å²) in [7, 11) is 0. The molecule has 0 bridgehead atoms. The molecule has 1 aliphatic carbocycles. The maximum atomic E-state index is 2.53. The summed E-state index contributed by atoms with van der Waals surface area (Å²) < 4.78 is 0. The lowest BCUT2D eigenvalue weighted by Crippen LogP contribution is -2.21. The van der Waals surface area contributed by atoms with Crippen molar-refractivity contribution in [2.75, 3.05) is 4.90 Å². The predicted octanol–water partition coefficient (Wildman–Crippen LogP) is 17.0. The zero-order chi connectivity index (χ0) is 41.6. The summed E-state index contributed by atoms with van der Waals surface area (Å²) in [5.41, 5.74) is 20.5. The number of fused-ring (bicyclic) bond motifs is 4. The second-order valence-corrected chi connectivity index (χ2v) is 16.8. The van der Waals surface area contributed by atoms with E-state index in [0.717, 1.165) is 11.4 Å². The molecule has 0 N–H and O–H groups in total. The molecule has 0 aliphatic heterocycles. The predicted molar refractivity (Wildman–Crippen MR) is 263 cm³/mol. The van der Waals surface area contributed by atoms with E-state index >= 15 is 0 Å². The Labute approximate surface area is 364 Å². The fraction of sp³-hybridized carbons (Fsp3) is 0.0492. The average Bonchev–Trinajstić information content (AvgIpc) is 3.58. The van der Waals surface area contributed by atoms with Crippen LogP contribution in [0.2, 0.25) is 0 Å². The molecule has 0 radical (unpaired) electrons. The standard InChI is InChI=1S/C61H45N/c1-61(2)56-31-14-13-26-53(56)55-30-17-33-58(60(55)61)62(48-40-38-43(39-41-48)42-34-36-47(37-35-42)50-28-15-23-45-22-9-10-24-49(45)50)57-32-16-29-52(46-20-7-4-8-21-46)59(57)54-27-12-11-25-51(54)44-18-5-3-6-19-44/h3-41H,1-2H3. The highest BCUT2D eigenvalue weighted by molar-refractivity contribution is 6.03. The van der Waals surface area contributed by atoms with Gasteiger partial charge in [-0.3, -0.25) is 0 Å². The van der Waals surface area contributed by atoms with Crippen LogP contribution in [0.25, 0.3) is 77.5 Å². The Morgan fingerprint density at radius 1 is 0.306 bits per heavy atom. The third-order valence-electron chi connectivity index (χ3n) is 12.9. The molecule has 0 heterocycles. The van der Waals surface area contributed by atoms with Crippen LogP contribution in [0.4, 0.5) is 17.1 Å². The number of hydrogen-bond donors (Lipinski definition) is 0. The van der Waals surface area contributed by atoms with E-state index in [0.29, 0.717) is 0 Å². The molecule has 0 unspecified atom stereocenters. The minimum absolute atomic E-state index is 0.230. The molecule has 294 valence electrons. The lowest BCUT2D eigenvalue weighted by atomic mass is 9.81. The minimum atomic E-state index is -0.230. The maximum Gasteiger partial charge on any atom is 0.0546 e. The second-order valence-electron chi connectivity index (χ2n) is 16.8. The van der Waals surface area contributed by atoms with E-state index in [-0.39, 0.29) is 5.41 Å². The van der Waals surface area contributed by atoms with E-state index in [1.54, 1.807) is 0 Å². The Hall–Kier alpha value is -7.74. The number of hydrogen-bond acceptors (Lipinski definition) is 1. The van der Waals surface area contributed by atoms with Crippen molar-refractivity contribution >= 4 is 27.8 Å². The molecule has 0 aromatic heterocycles. The van der Waals surface area contributed by atoms with E-state index in [1.807, 2.05) is 0 Å². The topological polar surface area (TPSA) is 3.24 Å². The third-order valence-corrected chi connectivity index (χ3v) is 12.9. The van der Waals surface area contributed by atoms with Gasteiger partial charge in [0.05, 0.1) is 11.4 Å². The van der Waals surface area contributed by atoms with E-state index in [4.69, 9.17) is 0 Å². The quantitative estimate of drug-likeness (QED) is 0.148. The van der Waals surface area contributed by atoms with Crippen LogP contribution in [0, 0.1) is 0 Å². The van der Waals surface area contributed by atoms with Crippen LogP contribution in [0.3, 0.4) is 0 Å². The lowest BCUT2D eigenvalue weighted by Gasteiger charge is -2.34. The normalized spacial score (nSPS) is 12.5. The van der Waals surface area contributed by atoms with Crippen molar-refractivity contribution in [3.05, 3.63) is 248 Å². The molecule has 11 rings (SSSR count). The van der Waals surface area contributed by atoms with Gasteiger partial charge >= 0.3 is 0 Å². The Kier molecular flexibility index (Phi) is 9.24. The number of rotatable bonds is 8. The Morgan fingerprint density at radius 2 is 0.774 bits per heavy atom. The van der Waals surface area contributed by atoms with Gasteiger partial charge in [-0.2, -0.15) is 0 Å². The number of anilines is 3. The molecule has 0 amide bonds. The van der Waals surface area contributed by atoms with Crippen LogP contribution >= 0.6 is 0 Å². The second kappa shape index (κ2) is 15.4. The molecule has 0 atom stereocenters. The van der Waals surface area contributed by atoms with Crippen molar-refractivity contribution in [1.82, 2.24) is 0 Å². The number of nitrogens with zero attached hydrogens (tertiary/aromatic N) is 1. The third kappa shape index (κ3) is 6.33. The van der Waals surface area contributed by atoms with Crippen molar-refractivity contribution < 1.29 is 0 Å². The first-order chi connectivity index (χ1) is 30.5. The molecule has 10 aromatic carbocycles. The Balaban J connectivity index is 1.11. The van der Waals surface area contributed by atoms with Gasteiger partial charge in [-0.1, -0.05) is 226 Å². The van der Waals surface area contributed by atoms with Gasteiger partial charge in [0.1, 0.15) is 0 Å². The minimum Gasteiger partial charge on any atom is -0.310 e. The molecule has 0 fully saturated rings. The summed E-state index contributed by atoms with van der Waals surface area (Å²) in [5.74, 6) is 0. The smallest absolute Gasteiger partial charge is 0.0546 e. The highest BCUT2D eigenvalue weighted by atomic mass is 15.1.